The van der Waals surface area contributed by atoms with Gasteiger partial charge in [0.05, 0.1) is 5.69 Å². The van der Waals surface area contributed by atoms with Gasteiger partial charge in [-0.05, 0) is 12.1 Å². The summed E-state index contributed by atoms with van der Waals surface area (Å²) in [5, 5.41) is 5.86. The van der Waals surface area contributed by atoms with Crippen molar-refractivity contribution in [2.75, 3.05) is 56.2 Å². The highest BCUT2D eigenvalue weighted by Gasteiger charge is 2.27. The number of benzene rings is 1. The van der Waals surface area contributed by atoms with Crippen LogP contribution >= 0.6 is 0 Å². The van der Waals surface area contributed by atoms with E-state index in [4.69, 9.17) is 4.74 Å². The smallest absolute Gasteiger partial charge is 0.265 e. The number of amides is 2. The number of rotatable bonds is 3. The van der Waals surface area contributed by atoms with E-state index in [9.17, 15) is 9.59 Å². The maximum absolute atomic E-state index is 12.0. The van der Waals surface area contributed by atoms with Gasteiger partial charge >= 0.3 is 0 Å². The Kier molecular flexibility index (Phi) is 4.15. The summed E-state index contributed by atoms with van der Waals surface area (Å²) >= 11 is 0. The molecule has 0 bridgehead atoms. The zero-order valence-electron chi connectivity index (χ0n) is 12.6. The molecular formula is C15H20N4O3. The Bertz CT molecular complexity index is 584. The summed E-state index contributed by atoms with van der Waals surface area (Å²) in [6, 6.07) is 5.78. The first-order valence-electron chi connectivity index (χ1n) is 7.42. The maximum atomic E-state index is 12.0. The number of ether oxygens (including phenoxy) is 1. The fourth-order valence-electron chi connectivity index (χ4n) is 2.71. The molecule has 0 saturated carbocycles. The van der Waals surface area contributed by atoms with E-state index < -0.39 is 0 Å². The van der Waals surface area contributed by atoms with Crippen LogP contribution in [0, 0.1) is 0 Å². The van der Waals surface area contributed by atoms with E-state index in [-0.39, 0.29) is 25.0 Å². The predicted molar refractivity (Wildman–Crippen MR) is 83.4 cm³/mol. The van der Waals surface area contributed by atoms with E-state index in [2.05, 4.69) is 15.5 Å². The van der Waals surface area contributed by atoms with Gasteiger partial charge in [-0.15, -0.1) is 0 Å². The van der Waals surface area contributed by atoms with Gasteiger partial charge in [-0.25, -0.2) is 0 Å². The summed E-state index contributed by atoms with van der Waals surface area (Å²) < 4.78 is 5.55. The van der Waals surface area contributed by atoms with Gasteiger partial charge in [0.1, 0.15) is 12.3 Å². The molecule has 0 atom stereocenters. The van der Waals surface area contributed by atoms with Gasteiger partial charge in [0.25, 0.3) is 5.91 Å². The third-order valence-corrected chi connectivity index (χ3v) is 3.95. The lowest BCUT2D eigenvalue weighted by atomic mass is 10.2. The number of carbonyl (C=O) groups is 2. The summed E-state index contributed by atoms with van der Waals surface area (Å²) in [4.78, 5) is 27.3. The van der Waals surface area contributed by atoms with Crippen molar-refractivity contribution in [2.45, 2.75) is 0 Å². The van der Waals surface area contributed by atoms with Crippen LogP contribution in [0.4, 0.5) is 11.4 Å². The van der Waals surface area contributed by atoms with Crippen LogP contribution in [-0.2, 0) is 9.59 Å². The molecule has 0 unspecified atom stereocenters. The summed E-state index contributed by atoms with van der Waals surface area (Å²) in [6.07, 6.45) is 0. The molecule has 2 amide bonds. The number of nitrogens with one attached hydrogen (secondary N) is 2. The molecule has 2 aliphatic heterocycles. The lowest BCUT2D eigenvalue weighted by Crippen LogP contribution is -2.45. The number of likely N-dealkylation sites (N-methyl/N-ethyl adjacent to an activating group) is 1. The average molecular weight is 304 g/mol. The van der Waals surface area contributed by atoms with E-state index in [0.717, 1.165) is 31.9 Å². The highest BCUT2D eigenvalue weighted by molar-refractivity contribution is 6.02. The number of piperazine rings is 1. The predicted octanol–water partition coefficient (Wildman–Crippen LogP) is -0.432. The lowest BCUT2D eigenvalue weighted by molar-refractivity contribution is -0.125. The Hall–Kier alpha value is -2.28. The number of hydrogen-bond acceptors (Lipinski definition) is 5. The summed E-state index contributed by atoms with van der Waals surface area (Å²) in [6.45, 7) is 3.78. The number of fused-ring (bicyclic) bond motifs is 1. The Morgan fingerprint density at radius 2 is 2.14 bits per heavy atom. The largest absolute Gasteiger partial charge is 0.481 e. The third kappa shape index (κ3) is 2.85. The normalized spacial score (nSPS) is 17.8. The van der Waals surface area contributed by atoms with Gasteiger partial charge in [-0.2, -0.15) is 0 Å². The van der Waals surface area contributed by atoms with Gasteiger partial charge in [0.2, 0.25) is 5.91 Å². The quantitative estimate of drug-likeness (QED) is 0.792. The maximum Gasteiger partial charge on any atom is 0.265 e. The number of anilines is 2. The first-order valence-corrected chi connectivity index (χ1v) is 7.42. The van der Waals surface area contributed by atoms with E-state index in [1.54, 1.807) is 7.05 Å². The monoisotopic (exact) mass is 304 g/mol. The van der Waals surface area contributed by atoms with Gasteiger partial charge in [0.15, 0.2) is 6.61 Å². The van der Waals surface area contributed by atoms with E-state index in [0.29, 0.717) is 11.4 Å². The first kappa shape index (κ1) is 14.6. The van der Waals surface area contributed by atoms with Crippen LogP contribution in [0.3, 0.4) is 0 Å². The minimum Gasteiger partial charge on any atom is -0.481 e. The molecular weight excluding hydrogens is 284 g/mol. The van der Waals surface area contributed by atoms with Crippen molar-refractivity contribution in [3.63, 3.8) is 0 Å². The standard InChI is InChI=1S/C15H20N4O3/c1-16-14(20)9-19-12-3-2-11(18-6-4-17-5-7-18)8-13(12)22-10-15(19)21/h2-3,8,17H,4-7,9-10H2,1H3,(H,16,20). The molecule has 3 rings (SSSR count). The van der Waals surface area contributed by atoms with Crippen LogP contribution in [0.15, 0.2) is 18.2 Å². The zero-order valence-corrected chi connectivity index (χ0v) is 12.6. The average Bonchev–Trinajstić information content (AvgIpc) is 2.57. The molecule has 0 radical (unpaired) electrons. The van der Waals surface area contributed by atoms with Crippen molar-refractivity contribution in [1.29, 1.82) is 0 Å². The van der Waals surface area contributed by atoms with Crippen molar-refractivity contribution in [3.8, 4) is 5.75 Å². The van der Waals surface area contributed by atoms with Crippen LogP contribution in [0.2, 0.25) is 0 Å². The Labute approximate surface area is 129 Å². The van der Waals surface area contributed by atoms with Gasteiger partial charge in [-0.1, -0.05) is 0 Å². The summed E-state index contributed by atoms with van der Waals surface area (Å²) in [5.74, 6) is 0.248. The molecule has 0 spiro atoms. The Morgan fingerprint density at radius 1 is 1.36 bits per heavy atom. The molecule has 7 nitrogen and oxygen atoms in total. The molecule has 1 aromatic carbocycles. The van der Waals surface area contributed by atoms with E-state index in [1.165, 1.54) is 4.90 Å². The van der Waals surface area contributed by atoms with Crippen LogP contribution in [-0.4, -0.2) is 58.2 Å². The number of hydrogen-bond donors (Lipinski definition) is 2. The Morgan fingerprint density at radius 3 is 2.86 bits per heavy atom. The molecule has 2 heterocycles. The number of carbonyl (C=O) groups excluding carboxylic acids is 2. The van der Waals surface area contributed by atoms with Crippen LogP contribution < -0.4 is 25.2 Å². The Balaban J connectivity index is 1.85. The molecule has 22 heavy (non-hydrogen) atoms. The second-order valence-electron chi connectivity index (χ2n) is 5.33. The molecule has 1 aromatic rings. The van der Waals surface area contributed by atoms with E-state index >= 15 is 0 Å². The minimum atomic E-state index is -0.203. The molecule has 1 saturated heterocycles. The fourth-order valence-corrected chi connectivity index (χ4v) is 2.71. The third-order valence-electron chi connectivity index (χ3n) is 3.95. The van der Waals surface area contributed by atoms with Crippen LogP contribution in [0.5, 0.6) is 5.75 Å². The van der Waals surface area contributed by atoms with Crippen molar-refractivity contribution >= 4 is 23.2 Å². The van der Waals surface area contributed by atoms with Crippen molar-refractivity contribution < 1.29 is 14.3 Å². The molecule has 1 fully saturated rings. The second kappa shape index (κ2) is 6.23. The molecule has 0 aromatic heterocycles. The molecule has 2 aliphatic rings. The molecule has 0 aliphatic carbocycles. The SMILES string of the molecule is CNC(=O)CN1C(=O)COc2cc(N3CCNCC3)ccc21. The van der Waals surface area contributed by atoms with Gasteiger partial charge < -0.3 is 20.3 Å². The van der Waals surface area contributed by atoms with Crippen LogP contribution in [0.25, 0.3) is 0 Å². The molecule has 118 valence electrons. The van der Waals surface area contributed by atoms with E-state index in [1.807, 2.05) is 18.2 Å². The zero-order chi connectivity index (χ0) is 15.5. The number of nitrogens with zero attached hydrogens (tertiary/aromatic N) is 2. The summed E-state index contributed by atoms with van der Waals surface area (Å²) in [5.41, 5.74) is 1.73. The van der Waals surface area contributed by atoms with Gasteiger partial charge in [-0.3, -0.25) is 14.5 Å². The first-order chi connectivity index (χ1) is 10.7. The van der Waals surface area contributed by atoms with Crippen molar-refractivity contribution in [2.24, 2.45) is 0 Å². The van der Waals surface area contributed by atoms with Gasteiger partial charge in [0, 0.05) is 45.0 Å². The second-order valence-corrected chi connectivity index (χ2v) is 5.33. The fraction of sp³-hybridized carbons (Fsp3) is 0.467. The molecule has 7 heteroatoms. The molecule has 2 N–H and O–H groups in total. The summed E-state index contributed by atoms with van der Waals surface area (Å²) in [7, 11) is 1.56. The minimum absolute atomic E-state index is 0.0126. The highest BCUT2D eigenvalue weighted by atomic mass is 16.5. The van der Waals surface area contributed by atoms with Crippen molar-refractivity contribution in [3.05, 3.63) is 18.2 Å². The lowest BCUT2D eigenvalue weighted by Gasteiger charge is -2.32. The van der Waals surface area contributed by atoms with Crippen molar-refractivity contribution in [1.82, 2.24) is 10.6 Å². The highest BCUT2D eigenvalue weighted by Crippen LogP contribution is 2.35. The van der Waals surface area contributed by atoms with Crippen LogP contribution in [0.1, 0.15) is 0 Å². The topological polar surface area (TPSA) is 73.9 Å².